The number of hydrogen-bond acceptors (Lipinski definition) is 3. The molecule has 5 heteroatoms. The fraction of sp³-hybridized carbons (Fsp3) is 0.0476. The summed E-state index contributed by atoms with van der Waals surface area (Å²) >= 11 is 5.92. The lowest BCUT2D eigenvalue weighted by molar-refractivity contribution is 0.222. The van der Waals surface area contributed by atoms with Crippen LogP contribution >= 0.6 is 11.6 Å². The lowest BCUT2D eigenvalue weighted by Gasteiger charge is -2.17. The average molecular weight is 367 g/mol. The first kappa shape index (κ1) is 18.0. The molecule has 1 heterocycles. The van der Waals surface area contributed by atoms with E-state index in [1.54, 1.807) is 60.8 Å². The summed E-state index contributed by atoms with van der Waals surface area (Å²) in [5, 5.41) is 19.9. The first-order valence-corrected chi connectivity index (χ1v) is 8.33. The summed E-state index contributed by atoms with van der Waals surface area (Å²) in [6.07, 6.45) is 3.66. The van der Waals surface area contributed by atoms with E-state index >= 15 is 0 Å². The summed E-state index contributed by atoms with van der Waals surface area (Å²) in [6.45, 7) is 0. The van der Waals surface area contributed by atoms with Crippen molar-refractivity contribution in [1.29, 1.82) is 5.41 Å². The SMILES string of the molecule is N=C(C(=Cc1ccc(Cl)cc1)C(O)c1cccnc1)c1ccccc1F. The van der Waals surface area contributed by atoms with Gasteiger partial charge in [0.05, 0.1) is 5.71 Å². The Hall–Kier alpha value is -2.82. The molecule has 0 radical (unpaired) electrons. The minimum Gasteiger partial charge on any atom is -0.384 e. The van der Waals surface area contributed by atoms with Crippen LogP contribution in [-0.2, 0) is 0 Å². The van der Waals surface area contributed by atoms with Crippen LogP contribution in [0.2, 0.25) is 5.02 Å². The molecule has 0 saturated carbocycles. The fourth-order valence-electron chi connectivity index (χ4n) is 2.56. The summed E-state index contributed by atoms with van der Waals surface area (Å²) < 4.78 is 14.2. The number of aliphatic hydroxyl groups excluding tert-OH is 1. The topological polar surface area (TPSA) is 57.0 Å². The van der Waals surface area contributed by atoms with Gasteiger partial charge in [0.15, 0.2) is 0 Å². The zero-order valence-corrected chi connectivity index (χ0v) is 14.5. The van der Waals surface area contributed by atoms with Gasteiger partial charge in [-0.1, -0.05) is 41.9 Å². The summed E-state index contributed by atoms with van der Waals surface area (Å²) in [5.74, 6) is -0.516. The van der Waals surface area contributed by atoms with Crippen molar-refractivity contribution in [3.8, 4) is 0 Å². The Bertz CT molecular complexity index is 940. The Morgan fingerprint density at radius 2 is 1.81 bits per heavy atom. The highest BCUT2D eigenvalue weighted by Gasteiger charge is 2.21. The van der Waals surface area contributed by atoms with E-state index in [2.05, 4.69) is 4.98 Å². The molecule has 1 aromatic heterocycles. The maximum atomic E-state index is 14.2. The van der Waals surface area contributed by atoms with Crippen molar-refractivity contribution in [2.24, 2.45) is 0 Å². The Balaban J connectivity index is 2.08. The summed E-state index contributed by atoms with van der Waals surface area (Å²) in [6, 6.07) is 16.4. The van der Waals surface area contributed by atoms with E-state index in [1.807, 2.05) is 0 Å². The molecule has 0 aliphatic rings. The van der Waals surface area contributed by atoms with Crippen LogP contribution in [-0.4, -0.2) is 15.8 Å². The molecule has 2 aromatic carbocycles. The lowest BCUT2D eigenvalue weighted by Crippen LogP contribution is -2.13. The third-order valence-electron chi connectivity index (χ3n) is 3.92. The van der Waals surface area contributed by atoms with Crippen LogP contribution in [0.3, 0.4) is 0 Å². The van der Waals surface area contributed by atoms with Crippen molar-refractivity contribution < 1.29 is 9.50 Å². The van der Waals surface area contributed by atoms with Gasteiger partial charge in [0.2, 0.25) is 0 Å². The zero-order valence-electron chi connectivity index (χ0n) is 13.7. The van der Waals surface area contributed by atoms with Crippen molar-refractivity contribution in [2.75, 3.05) is 0 Å². The van der Waals surface area contributed by atoms with Gasteiger partial charge in [0, 0.05) is 34.1 Å². The predicted molar refractivity (Wildman–Crippen MR) is 102 cm³/mol. The third kappa shape index (κ3) is 4.04. The largest absolute Gasteiger partial charge is 0.384 e. The molecule has 0 fully saturated rings. The molecule has 130 valence electrons. The van der Waals surface area contributed by atoms with Gasteiger partial charge in [0.1, 0.15) is 11.9 Å². The number of aromatic nitrogens is 1. The van der Waals surface area contributed by atoms with Crippen LogP contribution in [0.25, 0.3) is 6.08 Å². The number of rotatable bonds is 5. The van der Waals surface area contributed by atoms with E-state index in [1.165, 1.54) is 18.3 Å². The number of aliphatic hydroxyl groups is 1. The molecule has 0 bridgehead atoms. The van der Waals surface area contributed by atoms with Crippen molar-refractivity contribution in [3.63, 3.8) is 0 Å². The number of nitrogens with one attached hydrogen (secondary N) is 1. The number of pyridine rings is 1. The van der Waals surface area contributed by atoms with E-state index in [4.69, 9.17) is 17.0 Å². The highest BCUT2D eigenvalue weighted by atomic mass is 35.5. The molecule has 0 aliphatic carbocycles. The first-order chi connectivity index (χ1) is 12.6. The average Bonchev–Trinajstić information content (AvgIpc) is 2.67. The van der Waals surface area contributed by atoms with Gasteiger partial charge in [-0.05, 0) is 42.0 Å². The molecule has 2 N–H and O–H groups in total. The van der Waals surface area contributed by atoms with E-state index in [9.17, 15) is 9.50 Å². The molecule has 3 nitrogen and oxygen atoms in total. The van der Waals surface area contributed by atoms with E-state index in [0.717, 1.165) is 5.56 Å². The monoisotopic (exact) mass is 366 g/mol. The Morgan fingerprint density at radius 1 is 1.08 bits per heavy atom. The Kier molecular flexibility index (Phi) is 5.56. The van der Waals surface area contributed by atoms with Crippen molar-refractivity contribution in [2.45, 2.75) is 6.10 Å². The number of nitrogens with zero attached hydrogens (tertiary/aromatic N) is 1. The molecule has 1 unspecified atom stereocenters. The van der Waals surface area contributed by atoms with Crippen LogP contribution in [0.5, 0.6) is 0 Å². The van der Waals surface area contributed by atoms with Crippen LogP contribution in [0, 0.1) is 11.2 Å². The molecule has 0 saturated heterocycles. The molecule has 0 spiro atoms. The fourth-order valence-corrected chi connectivity index (χ4v) is 2.69. The highest BCUT2D eigenvalue weighted by Crippen LogP contribution is 2.27. The zero-order chi connectivity index (χ0) is 18.5. The van der Waals surface area contributed by atoms with Gasteiger partial charge < -0.3 is 5.11 Å². The molecule has 26 heavy (non-hydrogen) atoms. The minimum atomic E-state index is -1.12. The smallest absolute Gasteiger partial charge is 0.132 e. The standard InChI is InChI=1S/C21H16ClFN2O/c22-16-9-7-14(8-10-16)12-18(21(26)15-4-3-11-25-13-15)20(24)17-5-1-2-6-19(17)23/h1-13,21,24,26H. The van der Waals surface area contributed by atoms with Crippen LogP contribution in [0.15, 0.2) is 78.6 Å². The van der Waals surface area contributed by atoms with Gasteiger partial charge in [-0.15, -0.1) is 0 Å². The molecule has 0 amide bonds. The van der Waals surface area contributed by atoms with E-state index in [0.29, 0.717) is 10.6 Å². The summed E-state index contributed by atoms with van der Waals surface area (Å²) in [7, 11) is 0. The Morgan fingerprint density at radius 3 is 2.46 bits per heavy atom. The van der Waals surface area contributed by atoms with Crippen LogP contribution < -0.4 is 0 Å². The second-order valence-corrected chi connectivity index (χ2v) is 6.13. The minimum absolute atomic E-state index is 0.0885. The normalized spacial score (nSPS) is 12.7. The molecule has 3 aromatic rings. The highest BCUT2D eigenvalue weighted by molar-refractivity contribution is 6.30. The number of hydrogen-bond donors (Lipinski definition) is 2. The maximum absolute atomic E-state index is 14.2. The van der Waals surface area contributed by atoms with Gasteiger partial charge >= 0.3 is 0 Å². The van der Waals surface area contributed by atoms with Gasteiger partial charge in [-0.2, -0.15) is 0 Å². The molecule has 1 atom stereocenters. The molecule has 0 aliphatic heterocycles. The Labute approximate surface area is 155 Å². The predicted octanol–water partition coefficient (Wildman–Crippen LogP) is 5.06. The van der Waals surface area contributed by atoms with E-state index < -0.39 is 11.9 Å². The second-order valence-electron chi connectivity index (χ2n) is 5.69. The molecular formula is C21H16ClFN2O. The quantitative estimate of drug-likeness (QED) is 0.620. The van der Waals surface area contributed by atoms with E-state index in [-0.39, 0.29) is 16.8 Å². The first-order valence-electron chi connectivity index (χ1n) is 7.95. The molecular weight excluding hydrogens is 351 g/mol. The molecule has 3 rings (SSSR count). The number of benzene rings is 2. The van der Waals surface area contributed by atoms with Gasteiger partial charge in [-0.25, -0.2) is 4.39 Å². The lowest BCUT2D eigenvalue weighted by atomic mass is 9.92. The number of halogens is 2. The van der Waals surface area contributed by atoms with Crippen molar-refractivity contribution in [3.05, 3.63) is 106 Å². The van der Waals surface area contributed by atoms with Crippen LogP contribution in [0.1, 0.15) is 22.8 Å². The second kappa shape index (κ2) is 8.04. The van der Waals surface area contributed by atoms with Crippen molar-refractivity contribution >= 4 is 23.4 Å². The van der Waals surface area contributed by atoms with Crippen molar-refractivity contribution in [1.82, 2.24) is 4.98 Å². The summed E-state index contributed by atoms with van der Waals surface area (Å²) in [4.78, 5) is 4.01. The van der Waals surface area contributed by atoms with Crippen LogP contribution in [0.4, 0.5) is 4.39 Å². The van der Waals surface area contributed by atoms with Gasteiger partial charge in [0.25, 0.3) is 0 Å². The summed E-state index contributed by atoms with van der Waals surface area (Å²) in [5.41, 5.74) is 1.57. The third-order valence-corrected chi connectivity index (χ3v) is 4.17. The van der Waals surface area contributed by atoms with Gasteiger partial charge in [-0.3, -0.25) is 10.4 Å². The maximum Gasteiger partial charge on any atom is 0.132 e.